The van der Waals surface area contributed by atoms with Crippen LogP contribution >= 0.6 is 54.8 Å². The molecule has 122 valence electrons. The fourth-order valence-corrected chi connectivity index (χ4v) is 4.85. The van der Waals surface area contributed by atoms with Crippen LogP contribution in [0, 0.1) is 6.92 Å². The first-order valence-corrected chi connectivity index (χ1v) is 9.99. The smallest absolute Gasteiger partial charge is 0.264 e. The van der Waals surface area contributed by atoms with Crippen molar-refractivity contribution in [2.24, 2.45) is 0 Å². The van der Waals surface area contributed by atoms with Gasteiger partial charge in [0.1, 0.15) is 0 Å². The summed E-state index contributed by atoms with van der Waals surface area (Å²) >= 11 is 14.5. The van der Waals surface area contributed by atoms with Gasteiger partial charge in [-0.1, -0.05) is 17.7 Å². The molecule has 0 saturated carbocycles. The zero-order valence-electron chi connectivity index (χ0n) is 12.5. The van der Waals surface area contributed by atoms with Gasteiger partial charge < -0.3 is 9.80 Å². The summed E-state index contributed by atoms with van der Waals surface area (Å²) in [5.74, 6) is 0.101. The van der Waals surface area contributed by atoms with Crippen molar-refractivity contribution in [2.45, 2.75) is 6.92 Å². The lowest BCUT2D eigenvalue weighted by atomic mass is 10.1. The second-order valence-electron chi connectivity index (χ2n) is 5.44. The number of aryl methyl sites for hydroxylation is 1. The SMILES string of the molecule is Cc1ccc(Cl)cc1N1CCN(C(=O)c2cc(Br)c(Br)s2)CC1. The molecule has 0 unspecified atom stereocenters. The molecular weight excluding hydrogens is 464 g/mol. The molecule has 1 aliphatic heterocycles. The van der Waals surface area contributed by atoms with E-state index in [-0.39, 0.29) is 5.91 Å². The minimum absolute atomic E-state index is 0.101. The van der Waals surface area contributed by atoms with E-state index in [1.807, 2.05) is 29.2 Å². The summed E-state index contributed by atoms with van der Waals surface area (Å²) in [6.45, 7) is 5.17. The zero-order valence-corrected chi connectivity index (χ0v) is 17.2. The van der Waals surface area contributed by atoms with Crippen LogP contribution in [0.4, 0.5) is 5.69 Å². The van der Waals surface area contributed by atoms with Crippen LogP contribution in [0.2, 0.25) is 5.02 Å². The van der Waals surface area contributed by atoms with Crippen LogP contribution in [0.1, 0.15) is 15.2 Å². The number of nitrogens with zero attached hydrogens (tertiary/aromatic N) is 2. The number of hydrogen-bond acceptors (Lipinski definition) is 3. The van der Waals surface area contributed by atoms with Gasteiger partial charge in [0.05, 0.1) is 8.66 Å². The van der Waals surface area contributed by atoms with Gasteiger partial charge in [0.25, 0.3) is 5.91 Å². The molecule has 1 aromatic carbocycles. The Labute approximate surface area is 161 Å². The molecule has 3 rings (SSSR count). The summed E-state index contributed by atoms with van der Waals surface area (Å²) in [5.41, 5.74) is 2.37. The first-order valence-electron chi connectivity index (χ1n) is 7.21. The van der Waals surface area contributed by atoms with Gasteiger partial charge in [0, 0.05) is 41.4 Å². The van der Waals surface area contributed by atoms with Gasteiger partial charge >= 0.3 is 0 Å². The summed E-state index contributed by atoms with van der Waals surface area (Å²) in [6.07, 6.45) is 0. The molecule has 0 N–H and O–H groups in total. The van der Waals surface area contributed by atoms with Crippen molar-refractivity contribution in [3.8, 4) is 0 Å². The number of benzene rings is 1. The third kappa shape index (κ3) is 3.76. The maximum atomic E-state index is 12.6. The highest BCUT2D eigenvalue weighted by atomic mass is 79.9. The van der Waals surface area contributed by atoms with E-state index < -0.39 is 0 Å². The molecule has 23 heavy (non-hydrogen) atoms. The predicted molar refractivity (Wildman–Crippen MR) is 104 cm³/mol. The fourth-order valence-electron chi connectivity index (χ4n) is 2.68. The van der Waals surface area contributed by atoms with Crippen molar-refractivity contribution in [1.29, 1.82) is 0 Å². The molecule has 0 radical (unpaired) electrons. The molecule has 0 aliphatic carbocycles. The van der Waals surface area contributed by atoms with E-state index in [2.05, 4.69) is 43.7 Å². The predicted octanol–water partition coefficient (Wildman–Crippen LogP) is 5.20. The summed E-state index contributed by atoms with van der Waals surface area (Å²) in [7, 11) is 0. The topological polar surface area (TPSA) is 23.6 Å². The Balaban J connectivity index is 1.68. The van der Waals surface area contributed by atoms with Gasteiger partial charge in [0.2, 0.25) is 0 Å². The van der Waals surface area contributed by atoms with E-state index in [1.54, 1.807) is 0 Å². The monoisotopic (exact) mass is 476 g/mol. The van der Waals surface area contributed by atoms with Crippen molar-refractivity contribution in [3.63, 3.8) is 0 Å². The van der Waals surface area contributed by atoms with Crippen LogP contribution in [0.25, 0.3) is 0 Å². The minimum Gasteiger partial charge on any atom is -0.368 e. The van der Waals surface area contributed by atoms with Crippen molar-refractivity contribution in [3.05, 3.63) is 48.0 Å². The van der Waals surface area contributed by atoms with Gasteiger partial charge in [0.15, 0.2) is 0 Å². The molecule has 0 spiro atoms. The number of rotatable bonds is 2. The Bertz CT molecular complexity index is 722. The Morgan fingerprint density at radius 2 is 1.87 bits per heavy atom. The largest absolute Gasteiger partial charge is 0.368 e. The van der Waals surface area contributed by atoms with Crippen molar-refractivity contribution in [2.75, 3.05) is 31.1 Å². The first kappa shape index (κ1) is 17.3. The van der Waals surface area contributed by atoms with E-state index in [4.69, 9.17) is 11.6 Å². The Morgan fingerprint density at radius 1 is 1.17 bits per heavy atom. The molecule has 2 heterocycles. The van der Waals surface area contributed by atoms with Gasteiger partial charge in [-0.25, -0.2) is 0 Å². The minimum atomic E-state index is 0.101. The molecule has 1 aromatic heterocycles. The normalized spacial score (nSPS) is 15.1. The average Bonchev–Trinajstić information content (AvgIpc) is 2.88. The highest BCUT2D eigenvalue weighted by Crippen LogP contribution is 2.33. The van der Waals surface area contributed by atoms with Gasteiger partial charge in [-0.15, -0.1) is 11.3 Å². The number of thiophene rings is 1. The first-order chi connectivity index (χ1) is 11.0. The Morgan fingerprint density at radius 3 is 2.48 bits per heavy atom. The van der Waals surface area contributed by atoms with E-state index in [0.717, 1.165) is 50.0 Å². The third-order valence-electron chi connectivity index (χ3n) is 3.93. The van der Waals surface area contributed by atoms with Crippen molar-refractivity contribution >= 4 is 66.4 Å². The van der Waals surface area contributed by atoms with Crippen molar-refractivity contribution < 1.29 is 4.79 Å². The van der Waals surface area contributed by atoms with Gasteiger partial charge in [-0.05, 0) is 62.5 Å². The van der Waals surface area contributed by atoms with Crippen LogP contribution in [-0.4, -0.2) is 37.0 Å². The van der Waals surface area contributed by atoms with Crippen LogP contribution in [0.15, 0.2) is 32.5 Å². The van der Waals surface area contributed by atoms with E-state index in [1.165, 1.54) is 16.9 Å². The van der Waals surface area contributed by atoms with E-state index in [9.17, 15) is 4.79 Å². The third-order valence-corrected chi connectivity index (χ3v) is 7.41. The lowest BCUT2D eigenvalue weighted by Gasteiger charge is -2.36. The second-order valence-corrected chi connectivity index (χ2v) is 9.10. The van der Waals surface area contributed by atoms with Crippen LogP contribution in [0.5, 0.6) is 0 Å². The molecule has 7 heteroatoms. The average molecular weight is 479 g/mol. The number of hydrogen-bond donors (Lipinski definition) is 0. The Kier molecular flexibility index (Phi) is 5.35. The number of anilines is 1. The fraction of sp³-hybridized carbons (Fsp3) is 0.312. The quantitative estimate of drug-likeness (QED) is 0.593. The number of carbonyl (C=O) groups is 1. The number of amides is 1. The molecule has 1 fully saturated rings. The van der Waals surface area contributed by atoms with E-state index in [0.29, 0.717) is 0 Å². The second kappa shape index (κ2) is 7.13. The molecule has 0 atom stereocenters. The standard InChI is InChI=1S/C16H15Br2ClN2OS/c1-10-2-3-11(19)8-13(10)20-4-6-21(7-5-20)16(22)14-9-12(17)15(18)23-14/h2-3,8-9H,4-7H2,1H3. The number of halogens is 3. The van der Waals surface area contributed by atoms with Crippen LogP contribution in [0.3, 0.4) is 0 Å². The number of piperazine rings is 1. The van der Waals surface area contributed by atoms with Crippen molar-refractivity contribution in [1.82, 2.24) is 4.90 Å². The van der Waals surface area contributed by atoms with Crippen LogP contribution < -0.4 is 4.90 Å². The molecule has 0 bridgehead atoms. The van der Waals surface area contributed by atoms with E-state index >= 15 is 0 Å². The van der Waals surface area contributed by atoms with Gasteiger partial charge in [-0.3, -0.25) is 4.79 Å². The Hall–Kier alpha value is -0.560. The maximum Gasteiger partial charge on any atom is 0.264 e. The molecule has 2 aromatic rings. The number of carbonyl (C=O) groups excluding carboxylic acids is 1. The maximum absolute atomic E-state index is 12.6. The molecular formula is C16H15Br2ClN2OS. The lowest BCUT2D eigenvalue weighted by Crippen LogP contribution is -2.48. The molecule has 1 amide bonds. The summed E-state index contributed by atoms with van der Waals surface area (Å²) in [5, 5.41) is 0.748. The zero-order chi connectivity index (χ0) is 16.6. The highest BCUT2D eigenvalue weighted by Gasteiger charge is 2.24. The molecule has 1 saturated heterocycles. The highest BCUT2D eigenvalue weighted by molar-refractivity contribution is 9.13. The van der Waals surface area contributed by atoms with Gasteiger partial charge in [-0.2, -0.15) is 0 Å². The van der Waals surface area contributed by atoms with Crippen LogP contribution in [-0.2, 0) is 0 Å². The molecule has 3 nitrogen and oxygen atoms in total. The lowest BCUT2D eigenvalue weighted by molar-refractivity contribution is 0.0751. The summed E-state index contributed by atoms with van der Waals surface area (Å²) < 4.78 is 1.88. The summed E-state index contributed by atoms with van der Waals surface area (Å²) in [6, 6.07) is 7.83. The molecule has 1 aliphatic rings. The summed E-state index contributed by atoms with van der Waals surface area (Å²) in [4.78, 5) is 17.6.